The Morgan fingerprint density at radius 3 is 2.42 bits per heavy atom. The molecule has 2 aromatic carbocycles. The predicted molar refractivity (Wildman–Crippen MR) is 118 cm³/mol. The molecule has 0 radical (unpaired) electrons. The number of aryl methyl sites for hydroxylation is 2. The highest BCUT2D eigenvalue weighted by atomic mass is 32.2. The van der Waals surface area contributed by atoms with Crippen LogP contribution in [0.4, 0.5) is 11.4 Å². The minimum absolute atomic E-state index is 0.0981. The monoisotopic (exact) mass is 441 g/mol. The number of hydrogen-bond acceptors (Lipinski definition) is 6. The van der Waals surface area contributed by atoms with Gasteiger partial charge in [-0.05, 0) is 48.7 Å². The van der Waals surface area contributed by atoms with Crippen molar-refractivity contribution in [1.82, 2.24) is 4.98 Å². The van der Waals surface area contributed by atoms with Crippen molar-refractivity contribution in [2.75, 3.05) is 17.1 Å². The Kier molecular flexibility index (Phi) is 6.57. The van der Waals surface area contributed by atoms with E-state index < -0.39 is 15.9 Å². The van der Waals surface area contributed by atoms with Gasteiger partial charge in [-0.25, -0.2) is 13.4 Å². The Labute approximate surface area is 181 Å². The van der Waals surface area contributed by atoms with E-state index in [1.165, 1.54) is 19.4 Å². The van der Waals surface area contributed by atoms with E-state index in [1.807, 2.05) is 6.07 Å². The van der Waals surface area contributed by atoms with Crippen LogP contribution in [0.3, 0.4) is 0 Å². The van der Waals surface area contributed by atoms with E-state index in [9.17, 15) is 18.3 Å². The van der Waals surface area contributed by atoms with Crippen molar-refractivity contribution in [3.05, 3.63) is 77.0 Å². The van der Waals surface area contributed by atoms with Gasteiger partial charge in [0.15, 0.2) is 4.90 Å². The van der Waals surface area contributed by atoms with Crippen LogP contribution in [0.5, 0.6) is 5.88 Å². The molecule has 8 nitrogen and oxygen atoms in total. The van der Waals surface area contributed by atoms with Crippen molar-refractivity contribution in [2.24, 2.45) is 0 Å². The molecule has 3 aromatic rings. The van der Waals surface area contributed by atoms with Crippen LogP contribution in [-0.4, -0.2) is 31.5 Å². The first-order chi connectivity index (χ1) is 14.7. The molecular formula is C22H23N3O5S. The first-order valence-corrected chi connectivity index (χ1v) is 10.9. The molecule has 0 fully saturated rings. The molecule has 0 saturated heterocycles. The molecule has 0 unspecified atom stereocenters. The molecule has 31 heavy (non-hydrogen) atoms. The number of carbonyl (C=O) groups excluding carboxylic acids is 1. The lowest BCUT2D eigenvalue weighted by atomic mass is 10.1. The van der Waals surface area contributed by atoms with E-state index in [1.54, 1.807) is 50.2 Å². The summed E-state index contributed by atoms with van der Waals surface area (Å²) in [6.45, 7) is 3.41. The number of pyridine rings is 1. The van der Waals surface area contributed by atoms with Crippen LogP contribution in [0.2, 0.25) is 0 Å². The van der Waals surface area contributed by atoms with Crippen LogP contribution in [0, 0.1) is 13.8 Å². The van der Waals surface area contributed by atoms with Crippen molar-refractivity contribution in [3.63, 3.8) is 0 Å². The first kappa shape index (κ1) is 22.3. The number of sulfonamides is 1. The lowest BCUT2D eigenvalue weighted by Gasteiger charge is -2.15. The number of ether oxygens (including phenoxy) is 1. The lowest BCUT2D eigenvalue weighted by molar-refractivity contribution is 0.102. The van der Waals surface area contributed by atoms with Crippen LogP contribution in [0.25, 0.3) is 0 Å². The second-order valence-electron chi connectivity index (χ2n) is 6.92. The van der Waals surface area contributed by atoms with Gasteiger partial charge in [-0.2, -0.15) is 0 Å². The highest BCUT2D eigenvalue weighted by molar-refractivity contribution is 7.92. The van der Waals surface area contributed by atoms with E-state index in [2.05, 4.69) is 15.0 Å². The molecule has 0 spiro atoms. The van der Waals surface area contributed by atoms with Crippen LogP contribution in [-0.2, 0) is 16.6 Å². The largest absolute Gasteiger partial charge is 0.480 e. The summed E-state index contributed by atoms with van der Waals surface area (Å²) < 4.78 is 33.9. The van der Waals surface area contributed by atoms with Crippen LogP contribution >= 0.6 is 0 Å². The molecule has 1 aromatic heterocycles. The zero-order valence-corrected chi connectivity index (χ0v) is 18.2. The van der Waals surface area contributed by atoms with Crippen LogP contribution in [0.15, 0.2) is 59.6 Å². The van der Waals surface area contributed by atoms with E-state index in [-0.39, 0.29) is 23.1 Å². The summed E-state index contributed by atoms with van der Waals surface area (Å²) in [5.74, 6) is -0.563. The standard InChI is InChI=1S/C22H23N3O5S/c1-14-6-4-7-15(2)20(14)25-31(28,29)19-11-18(12-23-22(19)30-3)24-21(27)17-9-5-8-16(10-17)13-26/h4-12,25-26H,13H2,1-3H3,(H,24,27). The number of nitrogens with zero attached hydrogens (tertiary/aromatic N) is 1. The van der Waals surface area contributed by atoms with Gasteiger partial charge in [-0.15, -0.1) is 0 Å². The summed E-state index contributed by atoms with van der Waals surface area (Å²) in [6, 6.07) is 13.2. The summed E-state index contributed by atoms with van der Waals surface area (Å²) in [4.78, 5) is 16.4. The minimum Gasteiger partial charge on any atom is -0.480 e. The van der Waals surface area contributed by atoms with Crippen LogP contribution in [0.1, 0.15) is 27.0 Å². The summed E-state index contributed by atoms with van der Waals surface area (Å²) in [7, 11) is -2.74. The highest BCUT2D eigenvalue weighted by Gasteiger charge is 2.23. The SMILES string of the molecule is COc1ncc(NC(=O)c2cccc(CO)c2)cc1S(=O)(=O)Nc1c(C)cccc1C. The number of para-hydroxylation sites is 1. The van der Waals surface area contributed by atoms with E-state index in [0.717, 1.165) is 11.1 Å². The second-order valence-corrected chi connectivity index (χ2v) is 8.57. The molecule has 0 bridgehead atoms. The number of anilines is 2. The second kappa shape index (κ2) is 9.15. The molecule has 0 aliphatic heterocycles. The number of aliphatic hydroxyl groups is 1. The Balaban J connectivity index is 1.94. The maximum Gasteiger partial charge on any atom is 0.267 e. The highest BCUT2D eigenvalue weighted by Crippen LogP contribution is 2.29. The van der Waals surface area contributed by atoms with Gasteiger partial charge in [0.05, 0.1) is 31.3 Å². The van der Waals surface area contributed by atoms with E-state index in [0.29, 0.717) is 16.8 Å². The molecule has 0 aliphatic rings. The molecular weight excluding hydrogens is 418 g/mol. The maximum absolute atomic E-state index is 13.1. The molecule has 0 aliphatic carbocycles. The molecule has 0 atom stereocenters. The third-order valence-corrected chi connectivity index (χ3v) is 5.99. The van der Waals surface area contributed by atoms with Gasteiger partial charge < -0.3 is 15.2 Å². The van der Waals surface area contributed by atoms with Gasteiger partial charge in [-0.3, -0.25) is 9.52 Å². The Morgan fingerprint density at radius 2 is 1.77 bits per heavy atom. The molecule has 0 saturated carbocycles. The van der Waals surface area contributed by atoms with Gasteiger partial charge in [0.2, 0.25) is 5.88 Å². The van der Waals surface area contributed by atoms with Gasteiger partial charge in [-0.1, -0.05) is 30.3 Å². The van der Waals surface area contributed by atoms with Crippen molar-refractivity contribution < 1.29 is 23.1 Å². The fourth-order valence-corrected chi connectivity index (χ4v) is 4.37. The number of rotatable bonds is 7. The van der Waals surface area contributed by atoms with E-state index in [4.69, 9.17) is 4.74 Å². The topological polar surface area (TPSA) is 118 Å². The number of methoxy groups -OCH3 is 1. The average Bonchev–Trinajstić information content (AvgIpc) is 2.76. The zero-order chi connectivity index (χ0) is 22.6. The van der Waals surface area contributed by atoms with Crippen molar-refractivity contribution in [1.29, 1.82) is 0 Å². The molecule has 1 heterocycles. The van der Waals surface area contributed by atoms with Crippen molar-refractivity contribution in [2.45, 2.75) is 25.3 Å². The first-order valence-electron chi connectivity index (χ1n) is 9.39. The predicted octanol–water partition coefficient (Wildman–Crippen LogP) is 3.25. The van der Waals surface area contributed by atoms with Crippen molar-refractivity contribution >= 4 is 27.3 Å². The van der Waals surface area contributed by atoms with Gasteiger partial charge in [0.1, 0.15) is 0 Å². The summed E-state index contributed by atoms with van der Waals surface area (Å²) in [5, 5.41) is 11.9. The number of aromatic nitrogens is 1. The number of benzene rings is 2. The average molecular weight is 442 g/mol. The summed E-state index contributed by atoms with van der Waals surface area (Å²) in [6.07, 6.45) is 1.31. The van der Waals surface area contributed by atoms with Crippen LogP contribution < -0.4 is 14.8 Å². The smallest absolute Gasteiger partial charge is 0.267 e. The third kappa shape index (κ3) is 5.01. The fourth-order valence-electron chi connectivity index (χ4n) is 3.03. The Morgan fingerprint density at radius 1 is 1.10 bits per heavy atom. The number of hydrogen-bond donors (Lipinski definition) is 3. The minimum atomic E-state index is -4.06. The third-order valence-electron chi connectivity index (χ3n) is 4.65. The molecule has 1 amide bonds. The van der Waals surface area contributed by atoms with Crippen molar-refractivity contribution in [3.8, 4) is 5.88 Å². The zero-order valence-electron chi connectivity index (χ0n) is 17.3. The number of aliphatic hydroxyl groups excluding tert-OH is 1. The summed E-state index contributed by atoms with van der Waals surface area (Å²) >= 11 is 0. The van der Waals surface area contributed by atoms with E-state index >= 15 is 0 Å². The number of amides is 1. The quantitative estimate of drug-likeness (QED) is 0.518. The Bertz CT molecular complexity index is 1210. The Hall–Kier alpha value is -3.43. The molecule has 9 heteroatoms. The lowest BCUT2D eigenvalue weighted by Crippen LogP contribution is -2.18. The molecule has 3 rings (SSSR count). The fraction of sp³-hybridized carbons (Fsp3) is 0.182. The maximum atomic E-state index is 13.1. The van der Waals surface area contributed by atoms with Gasteiger partial charge in [0.25, 0.3) is 15.9 Å². The molecule has 3 N–H and O–H groups in total. The van der Waals surface area contributed by atoms with Gasteiger partial charge >= 0.3 is 0 Å². The normalized spacial score (nSPS) is 11.1. The number of nitrogens with one attached hydrogen (secondary N) is 2. The molecule has 162 valence electrons. The number of carbonyl (C=O) groups is 1. The summed E-state index contributed by atoms with van der Waals surface area (Å²) in [5.41, 5.74) is 3.09. The van der Waals surface area contributed by atoms with Gasteiger partial charge in [0, 0.05) is 5.56 Å².